The molecular formula is C22H19Cl2F3N6O2. The van der Waals surface area contributed by atoms with Gasteiger partial charge in [0.1, 0.15) is 12.6 Å². The molecule has 184 valence electrons. The van der Waals surface area contributed by atoms with Crippen molar-refractivity contribution in [3.05, 3.63) is 80.7 Å². The maximum Gasteiger partial charge on any atom is 0.390 e. The summed E-state index contributed by atoms with van der Waals surface area (Å²) in [5.41, 5.74) is 0.212. The molecule has 0 aliphatic rings. The summed E-state index contributed by atoms with van der Waals surface area (Å²) in [5, 5.41) is 19.7. The summed E-state index contributed by atoms with van der Waals surface area (Å²) in [7, 11) is 0. The highest BCUT2D eigenvalue weighted by Crippen LogP contribution is 2.24. The standard InChI is InChI=1S/C22H19Cl2F3N6O2/c1-13(34)19-28-18(29-33(19)17-4-2-3-16(24)11-17)12-32-21(35)31(10-9-22(25,26)27)20(30-32)14-5-7-15(23)8-6-14/h2-8,11,13,34H,9-10,12H2,1H3. The summed E-state index contributed by atoms with van der Waals surface area (Å²) < 4.78 is 42.1. The minimum absolute atomic E-state index is 0.0564. The van der Waals surface area contributed by atoms with Crippen LogP contribution in [-0.4, -0.2) is 40.4 Å². The normalized spacial score (nSPS) is 12.8. The molecule has 0 aliphatic carbocycles. The summed E-state index contributed by atoms with van der Waals surface area (Å²) >= 11 is 12.0. The number of aliphatic hydroxyl groups is 1. The van der Waals surface area contributed by atoms with E-state index in [0.29, 0.717) is 21.3 Å². The van der Waals surface area contributed by atoms with E-state index in [-0.39, 0.29) is 24.0 Å². The second kappa shape index (κ2) is 9.84. The number of aromatic nitrogens is 6. The Kier molecular flexibility index (Phi) is 7.02. The van der Waals surface area contributed by atoms with Crippen LogP contribution in [0.1, 0.15) is 31.1 Å². The third-order valence-corrected chi connectivity index (χ3v) is 5.52. The quantitative estimate of drug-likeness (QED) is 0.378. The van der Waals surface area contributed by atoms with Crippen LogP contribution in [0.15, 0.2) is 53.3 Å². The van der Waals surface area contributed by atoms with Crippen LogP contribution < -0.4 is 5.69 Å². The Labute approximate surface area is 207 Å². The van der Waals surface area contributed by atoms with Gasteiger partial charge in [0.25, 0.3) is 0 Å². The minimum Gasteiger partial charge on any atom is -0.385 e. The first-order chi connectivity index (χ1) is 16.5. The molecule has 0 radical (unpaired) electrons. The van der Waals surface area contributed by atoms with Gasteiger partial charge in [-0.05, 0) is 49.4 Å². The minimum atomic E-state index is -4.46. The van der Waals surface area contributed by atoms with Crippen LogP contribution in [0.25, 0.3) is 17.1 Å². The molecule has 2 aromatic heterocycles. The number of aliphatic hydroxyl groups excluding tert-OH is 1. The smallest absolute Gasteiger partial charge is 0.385 e. The predicted molar refractivity (Wildman–Crippen MR) is 124 cm³/mol. The third kappa shape index (κ3) is 5.75. The summed E-state index contributed by atoms with van der Waals surface area (Å²) in [6.07, 6.45) is -6.66. The zero-order chi connectivity index (χ0) is 25.3. The lowest BCUT2D eigenvalue weighted by Gasteiger charge is -2.08. The molecule has 0 amide bonds. The SMILES string of the molecule is CC(O)c1nc(Cn2nc(-c3ccc(Cl)cc3)n(CCC(F)(F)F)c2=O)nn1-c1cccc(Cl)c1. The highest BCUT2D eigenvalue weighted by Gasteiger charge is 2.29. The van der Waals surface area contributed by atoms with Gasteiger partial charge in [-0.3, -0.25) is 4.57 Å². The maximum atomic E-state index is 13.0. The van der Waals surface area contributed by atoms with Gasteiger partial charge in [-0.15, -0.1) is 10.2 Å². The highest BCUT2D eigenvalue weighted by molar-refractivity contribution is 6.31. The second-order valence-corrected chi connectivity index (χ2v) is 8.61. The van der Waals surface area contributed by atoms with Gasteiger partial charge in [0, 0.05) is 22.2 Å². The first kappa shape index (κ1) is 25.0. The highest BCUT2D eigenvalue weighted by atomic mass is 35.5. The largest absolute Gasteiger partial charge is 0.390 e. The summed E-state index contributed by atoms with van der Waals surface area (Å²) in [6, 6.07) is 13.0. The molecule has 0 fully saturated rings. The fraction of sp³-hybridized carbons (Fsp3) is 0.273. The summed E-state index contributed by atoms with van der Waals surface area (Å²) in [6.45, 7) is 0.667. The van der Waals surface area contributed by atoms with Gasteiger partial charge in [-0.1, -0.05) is 29.3 Å². The number of alkyl halides is 3. The zero-order valence-electron chi connectivity index (χ0n) is 18.2. The third-order valence-electron chi connectivity index (χ3n) is 5.04. The Morgan fingerprint density at radius 1 is 1.06 bits per heavy atom. The molecule has 0 saturated heterocycles. The molecule has 0 saturated carbocycles. The van der Waals surface area contributed by atoms with Crippen LogP contribution in [0, 0.1) is 0 Å². The van der Waals surface area contributed by atoms with E-state index in [1.807, 2.05) is 0 Å². The first-order valence-electron chi connectivity index (χ1n) is 10.4. The molecule has 0 aliphatic heterocycles. The van der Waals surface area contributed by atoms with Crippen LogP contribution >= 0.6 is 23.2 Å². The molecule has 1 N–H and O–H groups in total. The van der Waals surface area contributed by atoms with Crippen molar-refractivity contribution in [2.75, 3.05) is 0 Å². The second-order valence-electron chi connectivity index (χ2n) is 7.74. The van der Waals surface area contributed by atoms with Crippen LogP contribution in [-0.2, 0) is 13.1 Å². The Morgan fingerprint density at radius 3 is 2.40 bits per heavy atom. The average Bonchev–Trinajstić information content (AvgIpc) is 3.34. The van der Waals surface area contributed by atoms with Crippen molar-refractivity contribution in [1.29, 1.82) is 0 Å². The molecule has 4 rings (SSSR count). The summed E-state index contributed by atoms with van der Waals surface area (Å²) in [5.74, 6) is 0.386. The fourth-order valence-corrected chi connectivity index (χ4v) is 3.74. The van der Waals surface area contributed by atoms with Gasteiger partial charge in [-0.25, -0.2) is 19.1 Å². The first-order valence-corrected chi connectivity index (χ1v) is 11.2. The van der Waals surface area contributed by atoms with Crippen LogP contribution in [0.3, 0.4) is 0 Å². The van der Waals surface area contributed by atoms with Gasteiger partial charge in [0.2, 0.25) is 0 Å². The summed E-state index contributed by atoms with van der Waals surface area (Å²) in [4.78, 5) is 17.3. The number of rotatable bonds is 7. The lowest BCUT2D eigenvalue weighted by Crippen LogP contribution is -2.27. The number of nitrogens with zero attached hydrogens (tertiary/aromatic N) is 6. The number of halogens is 5. The van der Waals surface area contributed by atoms with Crippen molar-refractivity contribution in [3.63, 3.8) is 0 Å². The van der Waals surface area contributed by atoms with Crippen molar-refractivity contribution >= 4 is 23.2 Å². The number of hydrogen-bond donors (Lipinski definition) is 1. The molecule has 35 heavy (non-hydrogen) atoms. The van der Waals surface area contributed by atoms with Crippen molar-refractivity contribution in [2.24, 2.45) is 0 Å². The molecule has 2 aromatic carbocycles. The van der Waals surface area contributed by atoms with Crippen molar-refractivity contribution in [2.45, 2.75) is 38.7 Å². The van der Waals surface area contributed by atoms with Gasteiger partial charge >= 0.3 is 11.9 Å². The predicted octanol–water partition coefficient (Wildman–Crippen LogP) is 4.65. The molecule has 0 bridgehead atoms. The molecule has 1 atom stereocenters. The van der Waals surface area contributed by atoms with Crippen LogP contribution in [0.2, 0.25) is 10.0 Å². The molecule has 4 aromatic rings. The van der Waals surface area contributed by atoms with Crippen LogP contribution in [0.5, 0.6) is 0 Å². The molecule has 0 spiro atoms. The molecule has 2 heterocycles. The van der Waals surface area contributed by atoms with Gasteiger partial charge < -0.3 is 5.11 Å². The lowest BCUT2D eigenvalue weighted by atomic mass is 10.2. The van der Waals surface area contributed by atoms with Crippen molar-refractivity contribution in [3.8, 4) is 17.1 Å². The number of hydrogen-bond acceptors (Lipinski definition) is 5. The lowest BCUT2D eigenvalue weighted by molar-refractivity contribution is -0.136. The van der Waals surface area contributed by atoms with Gasteiger partial charge in [-0.2, -0.15) is 13.2 Å². The number of benzene rings is 2. The van der Waals surface area contributed by atoms with E-state index >= 15 is 0 Å². The average molecular weight is 527 g/mol. The van der Waals surface area contributed by atoms with Crippen molar-refractivity contribution in [1.82, 2.24) is 29.1 Å². The van der Waals surface area contributed by atoms with E-state index in [1.165, 1.54) is 11.6 Å². The van der Waals surface area contributed by atoms with Gasteiger partial charge in [0.15, 0.2) is 17.5 Å². The van der Waals surface area contributed by atoms with E-state index in [4.69, 9.17) is 23.2 Å². The topological polar surface area (TPSA) is 90.8 Å². The van der Waals surface area contributed by atoms with Crippen LogP contribution in [0.4, 0.5) is 13.2 Å². The van der Waals surface area contributed by atoms with E-state index in [0.717, 1.165) is 9.25 Å². The maximum absolute atomic E-state index is 13.0. The van der Waals surface area contributed by atoms with E-state index in [1.54, 1.807) is 48.5 Å². The van der Waals surface area contributed by atoms with E-state index in [2.05, 4.69) is 15.2 Å². The molecule has 1 unspecified atom stereocenters. The molecular weight excluding hydrogens is 508 g/mol. The molecule has 13 heteroatoms. The Hall–Kier alpha value is -3.15. The fourth-order valence-electron chi connectivity index (χ4n) is 3.43. The van der Waals surface area contributed by atoms with E-state index in [9.17, 15) is 23.1 Å². The molecule has 8 nitrogen and oxygen atoms in total. The Balaban J connectivity index is 1.74. The monoisotopic (exact) mass is 526 g/mol. The zero-order valence-corrected chi connectivity index (χ0v) is 19.8. The Morgan fingerprint density at radius 2 is 1.77 bits per heavy atom. The van der Waals surface area contributed by atoms with Crippen molar-refractivity contribution < 1.29 is 18.3 Å². The van der Waals surface area contributed by atoms with Gasteiger partial charge in [0.05, 0.1) is 12.1 Å². The Bertz CT molecular complexity index is 1390. The van der Waals surface area contributed by atoms with E-state index < -0.39 is 30.9 Å².